The predicted molar refractivity (Wildman–Crippen MR) is 80.9 cm³/mol. The molecule has 0 fully saturated rings. The van der Waals surface area contributed by atoms with E-state index < -0.39 is 0 Å². The van der Waals surface area contributed by atoms with Crippen molar-refractivity contribution in [3.8, 4) is 0 Å². The maximum Gasteiger partial charge on any atom is 0.0291 e. The van der Waals surface area contributed by atoms with Crippen LogP contribution in [0.1, 0.15) is 22.3 Å². The highest BCUT2D eigenvalue weighted by Gasteiger charge is 2.08. The molecule has 3 N–H and O–H groups in total. The molecule has 0 saturated heterocycles. The molecule has 0 saturated carbocycles. The van der Waals surface area contributed by atoms with Gasteiger partial charge in [0.1, 0.15) is 0 Å². The minimum atomic E-state index is 0.269. The zero-order chi connectivity index (χ0) is 13.7. The summed E-state index contributed by atoms with van der Waals surface area (Å²) in [6.07, 6.45) is 1.90. The van der Waals surface area contributed by atoms with Gasteiger partial charge < -0.3 is 0 Å². The summed E-state index contributed by atoms with van der Waals surface area (Å²) >= 11 is 0. The number of aryl methyl sites for hydroxylation is 2. The molecule has 0 aliphatic heterocycles. The minimum Gasteiger partial charge on any atom is -0.271 e. The number of hydrogen-bond acceptors (Lipinski definition) is 2. The van der Waals surface area contributed by atoms with Crippen molar-refractivity contribution < 1.29 is 0 Å². The molecule has 0 aliphatic rings. The highest BCUT2D eigenvalue weighted by atomic mass is 15.2. The Kier molecular flexibility index (Phi) is 4.72. The van der Waals surface area contributed by atoms with Gasteiger partial charge in [-0.05, 0) is 37.8 Å². The zero-order valence-electron chi connectivity index (χ0n) is 11.7. The van der Waals surface area contributed by atoms with Crippen LogP contribution in [0.15, 0.2) is 48.5 Å². The minimum absolute atomic E-state index is 0.269. The SMILES string of the molecule is Cc1ccc(CC(Cc2ccc(C)cc2)NN)cc1. The van der Waals surface area contributed by atoms with Crippen molar-refractivity contribution in [3.05, 3.63) is 70.8 Å². The summed E-state index contributed by atoms with van der Waals surface area (Å²) in [6, 6.07) is 17.6. The van der Waals surface area contributed by atoms with Crippen LogP contribution in [0, 0.1) is 13.8 Å². The number of nitrogens with one attached hydrogen (secondary N) is 1. The highest BCUT2D eigenvalue weighted by molar-refractivity contribution is 5.24. The van der Waals surface area contributed by atoms with Crippen molar-refractivity contribution in [2.24, 2.45) is 5.84 Å². The van der Waals surface area contributed by atoms with Crippen LogP contribution in [0.25, 0.3) is 0 Å². The second-order valence-electron chi connectivity index (χ2n) is 5.24. The van der Waals surface area contributed by atoms with E-state index in [2.05, 4.69) is 67.8 Å². The van der Waals surface area contributed by atoms with Crippen LogP contribution in [0.4, 0.5) is 0 Å². The van der Waals surface area contributed by atoms with E-state index >= 15 is 0 Å². The van der Waals surface area contributed by atoms with Crippen molar-refractivity contribution >= 4 is 0 Å². The van der Waals surface area contributed by atoms with E-state index in [1.807, 2.05) is 0 Å². The number of hydrogen-bond donors (Lipinski definition) is 2. The smallest absolute Gasteiger partial charge is 0.0291 e. The lowest BCUT2D eigenvalue weighted by Gasteiger charge is -2.16. The normalized spacial score (nSPS) is 10.9. The van der Waals surface area contributed by atoms with Gasteiger partial charge in [0.2, 0.25) is 0 Å². The fourth-order valence-electron chi connectivity index (χ4n) is 2.21. The number of rotatable bonds is 5. The van der Waals surface area contributed by atoms with Gasteiger partial charge >= 0.3 is 0 Å². The molecule has 0 aromatic heterocycles. The second kappa shape index (κ2) is 6.50. The van der Waals surface area contributed by atoms with Gasteiger partial charge in [0.05, 0.1) is 0 Å². The molecule has 19 heavy (non-hydrogen) atoms. The fourth-order valence-corrected chi connectivity index (χ4v) is 2.21. The molecule has 0 aliphatic carbocycles. The van der Waals surface area contributed by atoms with Crippen LogP contribution in [0.5, 0.6) is 0 Å². The first-order chi connectivity index (χ1) is 9.17. The highest BCUT2D eigenvalue weighted by Crippen LogP contribution is 2.11. The predicted octanol–water partition coefficient (Wildman–Crippen LogP) is 2.92. The third-order valence-corrected chi connectivity index (χ3v) is 3.44. The first-order valence-electron chi connectivity index (χ1n) is 6.74. The Balaban J connectivity index is 2.00. The Morgan fingerprint density at radius 2 is 1.16 bits per heavy atom. The van der Waals surface area contributed by atoms with E-state index in [0.717, 1.165) is 12.8 Å². The average Bonchev–Trinajstić information content (AvgIpc) is 2.43. The third kappa shape index (κ3) is 4.19. The van der Waals surface area contributed by atoms with Gasteiger partial charge in [-0.2, -0.15) is 0 Å². The summed E-state index contributed by atoms with van der Waals surface area (Å²) in [6.45, 7) is 4.21. The molecule has 0 atom stereocenters. The van der Waals surface area contributed by atoms with Crippen LogP contribution in [-0.2, 0) is 12.8 Å². The summed E-state index contributed by atoms with van der Waals surface area (Å²) in [5, 5.41) is 0. The molecule has 0 amide bonds. The zero-order valence-corrected chi connectivity index (χ0v) is 11.7. The molecule has 2 nitrogen and oxygen atoms in total. The van der Waals surface area contributed by atoms with E-state index in [0.29, 0.717) is 0 Å². The molecule has 0 heterocycles. The van der Waals surface area contributed by atoms with Crippen LogP contribution in [0.2, 0.25) is 0 Å². The van der Waals surface area contributed by atoms with E-state index in [4.69, 9.17) is 5.84 Å². The molecule has 0 spiro atoms. The van der Waals surface area contributed by atoms with Gasteiger partial charge in [0.25, 0.3) is 0 Å². The maximum absolute atomic E-state index is 5.68. The van der Waals surface area contributed by atoms with Crippen molar-refractivity contribution in [1.82, 2.24) is 5.43 Å². The largest absolute Gasteiger partial charge is 0.271 e. The first-order valence-corrected chi connectivity index (χ1v) is 6.74. The van der Waals surface area contributed by atoms with E-state index in [-0.39, 0.29) is 6.04 Å². The summed E-state index contributed by atoms with van der Waals surface area (Å²) in [7, 11) is 0. The van der Waals surface area contributed by atoms with Gasteiger partial charge in [0.15, 0.2) is 0 Å². The Morgan fingerprint density at radius 3 is 1.47 bits per heavy atom. The van der Waals surface area contributed by atoms with Gasteiger partial charge in [-0.25, -0.2) is 0 Å². The number of nitrogens with two attached hydrogens (primary N) is 1. The first kappa shape index (κ1) is 13.8. The van der Waals surface area contributed by atoms with Crippen molar-refractivity contribution in [2.45, 2.75) is 32.7 Å². The molecular weight excluding hydrogens is 232 g/mol. The fraction of sp³-hybridized carbons (Fsp3) is 0.294. The Morgan fingerprint density at radius 1 is 0.789 bits per heavy atom. The monoisotopic (exact) mass is 254 g/mol. The van der Waals surface area contributed by atoms with Gasteiger partial charge in [-0.1, -0.05) is 59.7 Å². The van der Waals surface area contributed by atoms with Crippen LogP contribution in [-0.4, -0.2) is 6.04 Å². The molecule has 2 aromatic rings. The molecule has 0 bridgehead atoms. The summed E-state index contributed by atoms with van der Waals surface area (Å²) in [4.78, 5) is 0. The van der Waals surface area contributed by atoms with Gasteiger partial charge in [0, 0.05) is 6.04 Å². The van der Waals surface area contributed by atoms with Crippen molar-refractivity contribution in [2.75, 3.05) is 0 Å². The molecular formula is C17H22N2. The third-order valence-electron chi connectivity index (χ3n) is 3.44. The quantitative estimate of drug-likeness (QED) is 0.636. The number of benzene rings is 2. The van der Waals surface area contributed by atoms with E-state index in [1.165, 1.54) is 22.3 Å². The Bertz CT molecular complexity index is 452. The lowest BCUT2D eigenvalue weighted by molar-refractivity contribution is 0.522. The van der Waals surface area contributed by atoms with Crippen molar-refractivity contribution in [1.29, 1.82) is 0 Å². The molecule has 0 radical (unpaired) electrons. The number of hydrazine groups is 1. The molecule has 2 rings (SSSR count). The summed E-state index contributed by atoms with van der Waals surface area (Å²) in [5.74, 6) is 5.68. The standard InChI is InChI=1S/C17H22N2/c1-13-3-7-15(8-4-13)11-17(19-18)12-16-9-5-14(2)6-10-16/h3-10,17,19H,11-12,18H2,1-2H3. The van der Waals surface area contributed by atoms with E-state index in [9.17, 15) is 0 Å². The Hall–Kier alpha value is -1.64. The molecule has 0 unspecified atom stereocenters. The Labute approximate surface area is 115 Å². The van der Waals surface area contributed by atoms with Crippen LogP contribution < -0.4 is 11.3 Å². The molecule has 2 aromatic carbocycles. The van der Waals surface area contributed by atoms with Crippen LogP contribution in [0.3, 0.4) is 0 Å². The average molecular weight is 254 g/mol. The van der Waals surface area contributed by atoms with Gasteiger partial charge in [-0.15, -0.1) is 0 Å². The maximum atomic E-state index is 5.68. The van der Waals surface area contributed by atoms with Gasteiger partial charge in [-0.3, -0.25) is 11.3 Å². The van der Waals surface area contributed by atoms with Crippen molar-refractivity contribution in [3.63, 3.8) is 0 Å². The lowest BCUT2D eigenvalue weighted by Crippen LogP contribution is -2.38. The topological polar surface area (TPSA) is 38.0 Å². The van der Waals surface area contributed by atoms with E-state index in [1.54, 1.807) is 0 Å². The molecule has 100 valence electrons. The van der Waals surface area contributed by atoms with Crippen LogP contribution >= 0.6 is 0 Å². The second-order valence-corrected chi connectivity index (χ2v) is 5.24. The lowest BCUT2D eigenvalue weighted by atomic mass is 9.98. The molecule has 2 heteroatoms. The summed E-state index contributed by atoms with van der Waals surface area (Å²) < 4.78 is 0. The summed E-state index contributed by atoms with van der Waals surface area (Å²) in [5.41, 5.74) is 8.15.